The number of phenols is 1. The van der Waals surface area contributed by atoms with Crippen molar-refractivity contribution in [3.8, 4) is 5.75 Å². The van der Waals surface area contributed by atoms with Crippen molar-refractivity contribution < 1.29 is 27.9 Å². The zero-order valence-electron chi connectivity index (χ0n) is 11.5. The predicted molar refractivity (Wildman–Crippen MR) is 77.2 cm³/mol. The molecule has 0 aliphatic rings. The highest BCUT2D eigenvalue weighted by molar-refractivity contribution is 6.05. The first-order chi connectivity index (χ1) is 10.8. The predicted octanol–water partition coefficient (Wildman–Crippen LogP) is 3.15. The summed E-state index contributed by atoms with van der Waals surface area (Å²) in [6, 6.07) is 10.8. The molecule has 0 fully saturated rings. The van der Waals surface area contributed by atoms with E-state index in [1.165, 1.54) is 48.5 Å². The maximum atomic E-state index is 12.2. The van der Waals surface area contributed by atoms with E-state index in [1.807, 2.05) is 0 Å². The lowest BCUT2D eigenvalue weighted by Gasteiger charge is -2.10. The molecule has 3 N–H and O–H groups in total. The highest BCUT2D eigenvalue weighted by atomic mass is 19.4. The molecule has 2 aromatic rings. The van der Waals surface area contributed by atoms with Crippen LogP contribution in [0.3, 0.4) is 0 Å². The number of alkyl halides is 3. The van der Waals surface area contributed by atoms with Crippen molar-refractivity contribution in [2.75, 3.05) is 10.6 Å². The molecule has 0 spiro atoms. The number of rotatable bonds is 3. The van der Waals surface area contributed by atoms with Crippen LogP contribution in [0.15, 0.2) is 48.5 Å². The van der Waals surface area contributed by atoms with E-state index in [9.17, 15) is 27.9 Å². The van der Waals surface area contributed by atoms with Gasteiger partial charge in [0.25, 0.3) is 5.91 Å². The van der Waals surface area contributed by atoms with E-state index in [4.69, 9.17) is 0 Å². The molecule has 0 atom stereocenters. The molecular weight excluding hydrogens is 313 g/mol. The van der Waals surface area contributed by atoms with Crippen LogP contribution in [-0.2, 0) is 4.79 Å². The highest BCUT2D eigenvalue weighted by Gasteiger charge is 2.38. The van der Waals surface area contributed by atoms with Gasteiger partial charge in [-0.1, -0.05) is 12.1 Å². The van der Waals surface area contributed by atoms with Gasteiger partial charge in [0.15, 0.2) is 0 Å². The summed E-state index contributed by atoms with van der Waals surface area (Å²) in [5, 5.41) is 13.5. The van der Waals surface area contributed by atoms with Crippen LogP contribution in [0.25, 0.3) is 0 Å². The maximum absolute atomic E-state index is 12.2. The molecule has 0 saturated carbocycles. The Bertz CT molecular complexity index is 745. The molecule has 2 aromatic carbocycles. The Kier molecular flexibility index (Phi) is 4.54. The fraction of sp³-hybridized carbons (Fsp3) is 0.0667. The Balaban J connectivity index is 2.11. The summed E-state index contributed by atoms with van der Waals surface area (Å²) < 4.78 is 36.6. The minimum Gasteiger partial charge on any atom is -0.508 e. The molecule has 0 unspecified atom stereocenters. The third kappa shape index (κ3) is 4.47. The highest BCUT2D eigenvalue weighted by Crippen LogP contribution is 2.21. The lowest BCUT2D eigenvalue weighted by molar-refractivity contribution is -0.167. The van der Waals surface area contributed by atoms with Crippen LogP contribution in [0.4, 0.5) is 24.5 Å². The van der Waals surface area contributed by atoms with Gasteiger partial charge in [-0.3, -0.25) is 9.59 Å². The monoisotopic (exact) mass is 324 g/mol. The van der Waals surface area contributed by atoms with Gasteiger partial charge in [0.05, 0.1) is 0 Å². The Morgan fingerprint density at radius 2 is 1.52 bits per heavy atom. The molecule has 5 nitrogen and oxygen atoms in total. The SMILES string of the molecule is O=C(Nc1cccc(NC(=O)C(F)(F)F)c1)c1cccc(O)c1. The van der Waals surface area contributed by atoms with Gasteiger partial charge >= 0.3 is 12.1 Å². The van der Waals surface area contributed by atoms with Gasteiger partial charge in [-0.25, -0.2) is 0 Å². The van der Waals surface area contributed by atoms with E-state index in [1.54, 1.807) is 5.32 Å². The number of hydrogen-bond donors (Lipinski definition) is 3. The second kappa shape index (κ2) is 6.39. The van der Waals surface area contributed by atoms with Gasteiger partial charge in [-0.05, 0) is 36.4 Å². The van der Waals surface area contributed by atoms with Crippen LogP contribution < -0.4 is 10.6 Å². The zero-order chi connectivity index (χ0) is 17.0. The smallest absolute Gasteiger partial charge is 0.471 e. The quantitative estimate of drug-likeness (QED) is 0.811. The normalized spacial score (nSPS) is 10.9. The standard InChI is InChI=1S/C15H11F3N2O3/c16-15(17,18)14(23)20-11-5-2-4-10(8-11)19-13(22)9-3-1-6-12(21)7-9/h1-8,21H,(H,19,22)(H,20,23). The minimum absolute atomic E-state index is 0.0937. The molecule has 0 aromatic heterocycles. The van der Waals surface area contributed by atoms with Crippen molar-refractivity contribution in [1.82, 2.24) is 0 Å². The van der Waals surface area contributed by atoms with Crippen molar-refractivity contribution >= 4 is 23.2 Å². The van der Waals surface area contributed by atoms with Crippen LogP contribution in [0.1, 0.15) is 10.4 Å². The van der Waals surface area contributed by atoms with Gasteiger partial charge in [-0.2, -0.15) is 13.2 Å². The van der Waals surface area contributed by atoms with Gasteiger partial charge < -0.3 is 15.7 Å². The van der Waals surface area contributed by atoms with Gasteiger partial charge in [-0.15, -0.1) is 0 Å². The summed E-state index contributed by atoms with van der Waals surface area (Å²) in [5.74, 6) is -2.75. The van der Waals surface area contributed by atoms with E-state index in [0.717, 1.165) is 0 Å². The Hall–Kier alpha value is -3.03. The van der Waals surface area contributed by atoms with E-state index < -0.39 is 18.0 Å². The van der Waals surface area contributed by atoms with Gasteiger partial charge in [0, 0.05) is 16.9 Å². The third-order valence-electron chi connectivity index (χ3n) is 2.74. The minimum atomic E-state index is -5.00. The van der Waals surface area contributed by atoms with Gasteiger partial charge in [0.2, 0.25) is 0 Å². The molecule has 2 amide bonds. The van der Waals surface area contributed by atoms with E-state index in [2.05, 4.69) is 5.32 Å². The lowest BCUT2D eigenvalue weighted by Crippen LogP contribution is -2.29. The molecular formula is C15H11F3N2O3. The summed E-state index contributed by atoms with van der Waals surface area (Å²) in [5.41, 5.74) is 0.258. The molecule has 2 rings (SSSR count). The number of benzene rings is 2. The molecule has 0 aliphatic carbocycles. The average molecular weight is 324 g/mol. The summed E-state index contributed by atoms with van der Waals surface area (Å²) in [6.07, 6.45) is -5.00. The van der Waals surface area contributed by atoms with Crippen molar-refractivity contribution in [1.29, 1.82) is 0 Å². The first-order valence-corrected chi connectivity index (χ1v) is 6.34. The number of amides is 2. The Morgan fingerprint density at radius 1 is 0.913 bits per heavy atom. The van der Waals surface area contributed by atoms with Gasteiger partial charge in [0.1, 0.15) is 5.75 Å². The first-order valence-electron chi connectivity index (χ1n) is 6.34. The Morgan fingerprint density at radius 3 is 2.13 bits per heavy atom. The number of carbonyl (C=O) groups excluding carboxylic acids is 2. The third-order valence-corrected chi connectivity index (χ3v) is 2.74. The second-order valence-corrected chi connectivity index (χ2v) is 4.54. The largest absolute Gasteiger partial charge is 0.508 e. The Labute approximate surface area is 128 Å². The van der Waals surface area contributed by atoms with E-state index in [0.29, 0.717) is 0 Å². The van der Waals surface area contributed by atoms with Crippen molar-refractivity contribution in [3.63, 3.8) is 0 Å². The summed E-state index contributed by atoms with van der Waals surface area (Å²) in [7, 11) is 0. The number of hydrogen-bond acceptors (Lipinski definition) is 3. The fourth-order valence-corrected chi connectivity index (χ4v) is 1.73. The van der Waals surface area contributed by atoms with Crippen molar-refractivity contribution in [2.24, 2.45) is 0 Å². The van der Waals surface area contributed by atoms with Crippen LogP contribution in [0.2, 0.25) is 0 Å². The maximum Gasteiger partial charge on any atom is 0.471 e. The molecule has 0 heterocycles. The summed E-state index contributed by atoms with van der Waals surface area (Å²) in [6.45, 7) is 0. The molecule has 0 aliphatic heterocycles. The molecule has 0 radical (unpaired) electrons. The number of anilines is 2. The average Bonchev–Trinajstić information content (AvgIpc) is 2.46. The lowest BCUT2D eigenvalue weighted by atomic mass is 10.2. The molecule has 120 valence electrons. The van der Waals surface area contributed by atoms with E-state index >= 15 is 0 Å². The number of phenolic OH excluding ortho intramolecular Hbond substituents is 1. The van der Waals surface area contributed by atoms with Crippen LogP contribution in [0, 0.1) is 0 Å². The number of nitrogens with one attached hydrogen (secondary N) is 2. The number of halogens is 3. The first kappa shape index (κ1) is 16.3. The summed E-state index contributed by atoms with van der Waals surface area (Å²) in [4.78, 5) is 22.8. The number of aromatic hydroxyl groups is 1. The van der Waals surface area contributed by atoms with E-state index in [-0.39, 0.29) is 22.7 Å². The number of carbonyl (C=O) groups is 2. The topological polar surface area (TPSA) is 78.4 Å². The second-order valence-electron chi connectivity index (χ2n) is 4.54. The van der Waals surface area contributed by atoms with Crippen molar-refractivity contribution in [3.05, 3.63) is 54.1 Å². The molecule has 8 heteroatoms. The van der Waals surface area contributed by atoms with Crippen LogP contribution >= 0.6 is 0 Å². The van der Waals surface area contributed by atoms with Crippen molar-refractivity contribution in [2.45, 2.75) is 6.18 Å². The molecule has 0 bridgehead atoms. The fourth-order valence-electron chi connectivity index (χ4n) is 1.73. The van der Waals surface area contributed by atoms with Crippen LogP contribution in [-0.4, -0.2) is 23.1 Å². The summed E-state index contributed by atoms with van der Waals surface area (Å²) >= 11 is 0. The van der Waals surface area contributed by atoms with Crippen LogP contribution in [0.5, 0.6) is 5.75 Å². The molecule has 0 saturated heterocycles. The zero-order valence-corrected chi connectivity index (χ0v) is 11.5. The molecule has 23 heavy (non-hydrogen) atoms.